The van der Waals surface area contributed by atoms with Crippen LogP contribution in [0.3, 0.4) is 0 Å². The Balaban J connectivity index is 0.000000901. The molecule has 9 N–H and O–H groups in total. The number of aliphatic hydroxyl groups excluding tert-OH is 8. The molecule has 3 aromatic carbocycles. The molecular weight excluding hydrogens is 1520 g/mol. The average Bonchev–Trinajstić information content (AvgIpc) is 3.07. The number of nitro benzene ring substituents is 1. The van der Waals surface area contributed by atoms with Gasteiger partial charge in [-0.1, -0.05) is 42.5 Å². The molecule has 2 fully saturated rings. The fourth-order valence-electron chi connectivity index (χ4n) is 4.64. The first-order chi connectivity index (χ1) is 22.0. The first-order valence-electron chi connectivity index (χ1n) is 14.1. The van der Waals surface area contributed by atoms with Crippen molar-refractivity contribution in [2.75, 3.05) is 18.5 Å². The third kappa shape index (κ3) is 14.1. The maximum Gasteiger partial charge on any atom is 0.311 e. The van der Waals surface area contributed by atoms with Gasteiger partial charge in [0, 0.05) is 188 Å². The molecule has 3 aromatic rings. The Morgan fingerprint density at radius 2 is 1.02 bits per heavy atom. The molecule has 0 aromatic heterocycles. The van der Waals surface area contributed by atoms with Crippen LogP contribution < -0.4 is 14.8 Å². The third-order valence-electron chi connectivity index (χ3n) is 7.18. The number of nitrogens with zero attached hydrogens (tertiary/aromatic N) is 1. The Morgan fingerprint density at radius 1 is 0.600 bits per heavy atom. The van der Waals surface area contributed by atoms with Gasteiger partial charge in [0.1, 0.15) is 54.6 Å². The Bertz CT molecular complexity index is 1420. The van der Waals surface area contributed by atoms with Gasteiger partial charge in [0.2, 0.25) is 12.6 Å². The van der Waals surface area contributed by atoms with E-state index in [1.54, 1.807) is 18.2 Å². The maximum absolute atomic E-state index is 10.9. The van der Waals surface area contributed by atoms with Gasteiger partial charge in [-0.3, -0.25) is 10.1 Å². The molecule has 2 aliphatic heterocycles. The minimum Gasteiger partial charge on any atom is -0.460 e. The van der Waals surface area contributed by atoms with Crippen molar-refractivity contribution in [1.29, 1.82) is 0 Å². The van der Waals surface area contributed by atoms with E-state index in [1.807, 2.05) is 36.4 Å². The van der Waals surface area contributed by atoms with Crippen molar-refractivity contribution in [3.63, 3.8) is 0 Å². The zero-order chi connectivity index (χ0) is 33.4. The summed E-state index contributed by atoms with van der Waals surface area (Å²) in [6, 6.07) is 22.0. The summed E-state index contributed by atoms with van der Waals surface area (Å²) < 4.78 is 21.4. The van der Waals surface area contributed by atoms with Crippen molar-refractivity contribution in [3.05, 3.63) is 89.0 Å². The van der Waals surface area contributed by atoms with Crippen molar-refractivity contribution < 1.29 is 241 Å². The zero-order valence-electron chi connectivity index (χ0n) is 26.5. The van der Waals surface area contributed by atoms with Gasteiger partial charge in [0.05, 0.1) is 23.8 Å². The van der Waals surface area contributed by atoms with E-state index in [9.17, 15) is 45.9 Å². The topological polar surface area (TPSA) is 254 Å². The summed E-state index contributed by atoms with van der Waals surface area (Å²) in [5, 5.41) is 91.2. The van der Waals surface area contributed by atoms with Gasteiger partial charge in [-0.05, 0) is 30.3 Å². The molecule has 5 rings (SSSR count). The number of ether oxygens (including phenoxy) is 4. The van der Waals surface area contributed by atoms with E-state index in [0.717, 1.165) is 5.69 Å². The van der Waals surface area contributed by atoms with Gasteiger partial charge in [-0.15, -0.1) is 0 Å². The molecule has 2 heterocycles. The van der Waals surface area contributed by atoms with Crippen molar-refractivity contribution in [2.24, 2.45) is 0 Å². The largest absolute Gasteiger partial charge is 0.460 e. The van der Waals surface area contributed by atoms with Gasteiger partial charge in [-0.25, -0.2) is 0 Å². The van der Waals surface area contributed by atoms with Crippen LogP contribution in [-0.2, 0) is 9.47 Å². The number of aliphatic hydroxyl groups is 8. The maximum atomic E-state index is 10.9. The Labute approximate surface area is 430 Å². The van der Waals surface area contributed by atoms with Crippen LogP contribution in [0.15, 0.2) is 78.9 Å². The molecular formula is C30H36Ac4N2O14. The minimum absolute atomic E-state index is 0. The van der Waals surface area contributed by atoms with E-state index in [4.69, 9.17) is 24.1 Å². The Hall–Kier alpha value is 1.83. The summed E-state index contributed by atoms with van der Waals surface area (Å²) in [5.74, 6) is 0.238. The van der Waals surface area contributed by atoms with Crippen molar-refractivity contribution >= 4 is 17.1 Å². The Morgan fingerprint density at radius 3 is 1.50 bits per heavy atom. The molecule has 4 unspecified atom stereocenters. The van der Waals surface area contributed by atoms with Gasteiger partial charge in [0.15, 0.2) is 5.75 Å². The van der Waals surface area contributed by atoms with E-state index in [1.165, 1.54) is 24.3 Å². The average molecular weight is 1560 g/mol. The number of rotatable bonds is 9. The van der Waals surface area contributed by atoms with E-state index >= 15 is 0 Å². The van der Waals surface area contributed by atoms with E-state index < -0.39 is 79.5 Å². The molecule has 16 nitrogen and oxygen atoms in total. The van der Waals surface area contributed by atoms with Gasteiger partial charge < -0.3 is 65.1 Å². The monoisotopic (exact) mass is 1560 g/mol. The van der Waals surface area contributed by atoms with Gasteiger partial charge in [-0.2, -0.15) is 0 Å². The van der Waals surface area contributed by atoms with Crippen molar-refractivity contribution in [2.45, 2.75) is 61.4 Å². The second-order valence-corrected chi connectivity index (χ2v) is 10.3. The zero-order valence-corrected chi connectivity index (χ0v) is 45.5. The smallest absolute Gasteiger partial charge is 0.311 e. The summed E-state index contributed by atoms with van der Waals surface area (Å²) in [5.41, 5.74) is 1.16. The van der Waals surface area contributed by atoms with E-state index in [0.29, 0.717) is 11.4 Å². The molecule has 10 atom stereocenters. The number of benzene rings is 3. The van der Waals surface area contributed by atoms with Gasteiger partial charge >= 0.3 is 5.69 Å². The van der Waals surface area contributed by atoms with Crippen LogP contribution in [0.1, 0.15) is 0 Å². The molecule has 2 aliphatic rings. The van der Waals surface area contributed by atoms with Crippen LogP contribution in [-0.4, -0.2) is 120 Å². The van der Waals surface area contributed by atoms with Crippen LogP contribution in [0.25, 0.3) is 0 Å². The predicted octanol–water partition coefficient (Wildman–Crippen LogP) is -0.618. The van der Waals surface area contributed by atoms with Crippen LogP contribution in [0, 0.1) is 186 Å². The molecule has 2 saturated heterocycles. The fraction of sp³-hybridized carbons (Fsp3) is 0.400. The number of anilines is 2. The molecule has 0 amide bonds. The van der Waals surface area contributed by atoms with Crippen molar-refractivity contribution in [3.8, 4) is 11.5 Å². The SMILES string of the molecule is O=[N+]([O-])c1ccccc1OC1O[C@H](CO)C(O)C(O)C1O.OC[C@H]1O[C@@H](Oc2ccccc2Nc2ccccc2)[C@H](O)[C@@H](O)[C@@H]1O.[Ac].[Ac].[Ac].[Ac]. The molecule has 262 valence electrons. The second-order valence-electron chi connectivity index (χ2n) is 10.3. The molecule has 0 spiro atoms. The van der Waals surface area contributed by atoms with Crippen LogP contribution in [0.2, 0.25) is 0 Å². The fourth-order valence-corrected chi connectivity index (χ4v) is 4.64. The molecule has 0 saturated carbocycles. The number of nitrogens with one attached hydrogen (secondary N) is 1. The number of nitro groups is 1. The van der Waals surface area contributed by atoms with Crippen LogP contribution in [0.4, 0.5) is 17.1 Å². The summed E-state index contributed by atoms with van der Waals surface area (Å²) in [6.45, 7) is -1.11. The standard InChI is InChI=1S/C18H21NO6.C12H15NO8.4Ac/c20-10-14-15(21)16(22)17(23)18(25-14)24-13-9-5-4-8-12(13)19-11-6-2-1-3-7-11;14-5-8-9(15)10(16)11(17)12(21-8)20-7-4-2-1-3-6(7)13(18)19;;;;/h1-9,14-23H,10H2;1-4,8-12,14-17H,5H2;;;;/t14-,15-,16+,17-,18-;8-,9?,10?,11?,12?;;;;/m11..../s1. The van der Waals surface area contributed by atoms with E-state index in [2.05, 4.69) is 5.32 Å². The van der Waals surface area contributed by atoms with Crippen LogP contribution >= 0.6 is 0 Å². The molecule has 20 heteroatoms. The minimum atomic E-state index is -1.62. The molecule has 0 bridgehead atoms. The summed E-state index contributed by atoms with van der Waals surface area (Å²) in [7, 11) is 0. The third-order valence-corrected chi connectivity index (χ3v) is 7.18. The van der Waals surface area contributed by atoms with Crippen LogP contribution in [0.5, 0.6) is 11.5 Å². The molecule has 0 aliphatic carbocycles. The first-order valence-corrected chi connectivity index (χ1v) is 14.1. The van der Waals surface area contributed by atoms with Gasteiger partial charge in [0.25, 0.3) is 0 Å². The molecule has 50 heavy (non-hydrogen) atoms. The summed E-state index contributed by atoms with van der Waals surface area (Å²) in [6.07, 6.45) is -13.9. The Kier molecular flexibility index (Phi) is 26.8. The number of hydrogen-bond acceptors (Lipinski definition) is 15. The number of para-hydroxylation sites is 5. The summed E-state index contributed by atoms with van der Waals surface area (Å²) >= 11 is 0. The predicted molar refractivity (Wildman–Crippen MR) is 158 cm³/mol. The second kappa shape index (κ2) is 25.9. The quantitative estimate of drug-likeness (QED) is 0.0958. The van der Waals surface area contributed by atoms with E-state index in [-0.39, 0.29) is 188 Å². The summed E-state index contributed by atoms with van der Waals surface area (Å²) in [4.78, 5) is 10.2. The normalized spacial score (nSPS) is 28.3. The molecule has 4 radical (unpaired) electrons. The first kappa shape index (κ1) is 51.8. The van der Waals surface area contributed by atoms with Crippen molar-refractivity contribution in [1.82, 2.24) is 0 Å². The number of hydrogen-bond donors (Lipinski definition) is 9.